The predicted octanol–water partition coefficient (Wildman–Crippen LogP) is 4.29. The molecule has 1 aromatic heterocycles. The number of nitrogens with zero attached hydrogens (tertiary/aromatic N) is 1. The van der Waals surface area contributed by atoms with Gasteiger partial charge in [0, 0.05) is 17.3 Å². The highest BCUT2D eigenvalue weighted by atomic mass is 19.4. The number of anilines is 1. The predicted molar refractivity (Wildman–Crippen MR) is 105 cm³/mol. The molecule has 164 valence electrons. The number of carbonyl (C=O) groups excluding carboxylic acids is 1. The summed E-state index contributed by atoms with van der Waals surface area (Å²) in [6.07, 6.45) is -4.59. The quantitative estimate of drug-likeness (QED) is 0.591. The van der Waals surface area contributed by atoms with Crippen LogP contribution in [-0.4, -0.2) is 25.7 Å². The standard InChI is InChI=1S/C23H16F3NO5/c24-23(25,26)20-6-5-13(32-20)11-27-16-4-2-1-3-14(16)22(21(27)28)12-31-17-10-19-18(9-15(17)22)29-7-8-30-19/h1-6,9-10H,7-8,11-12H2. The molecule has 32 heavy (non-hydrogen) atoms. The van der Waals surface area contributed by atoms with E-state index in [1.165, 1.54) is 11.0 Å². The molecular formula is C23H16F3NO5. The van der Waals surface area contributed by atoms with Gasteiger partial charge in [-0.3, -0.25) is 4.79 Å². The van der Waals surface area contributed by atoms with Crippen molar-refractivity contribution in [1.29, 1.82) is 0 Å². The molecule has 0 radical (unpaired) electrons. The Balaban J connectivity index is 1.44. The van der Waals surface area contributed by atoms with Crippen LogP contribution in [0, 0.1) is 0 Å². The topological polar surface area (TPSA) is 61.1 Å². The van der Waals surface area contributed by atoms with Gasteiger partial charge >= 0.3 is 6.18 Å². The summed E-state index contributed by atoms with van der Waals surface area (Å²) in [5, 5.41) is 0. The van der Waals surface area contributed by atoms with Gasteiger partial charge in [-0.05, 0) is 29.8 Å². The van der Waals surface area contributed by atoms with Crippen molar-refractivity contribution in [2.75, 3.05) is 24.7 Å². The highest BCUT2D eigenvalue weighted by molar-refractivity contribution is 6.11. The normalized spacial score (nSPS) is 21.0. The summed E-state index contributed by atoms with van der Waals surface area (Å²) in [7, 11) is 0. The van der Waals surface area contributed by atoms with E-state index in [-0.39, 0.29) is 24.8 Å². The first-order valence-electron chi connectivity index (χ1n) is 10.0. The monoisotopic (exact) mass is 443 g/mol. The number of carbonyl (C=O) groups is 1. The third-order valence-corrected chi connectivity index (χ3v) is 6.07. The molecule has 0 N–H and O–H groups in total. The van der Waals surface area contributed by atoms with Gasteiger partial charge in [0.1, 0.15) is 36.7 Å². The number of furan rings is 1. The molecule has 1 amide bonds. The molecule has 6 rings (SSSR count). The van der Waals surface area contributed by atoms with Gasteiger partial charge < -0.3 is 23.5 Å². The maximum absolute atomic E-state index is 13.8. The number of halogens is 3. The maximum Gasteiger partial charge on any atom is 0.449 e. The Labute approximate surface area is 180 Å². The molecule has 1 atom stereocenters. The largest absolute Gasteiger partial charge is 0.491 e. The van der Waals surface area contributed by atoms with Crippen LogP contribution in [0.1, 0.15) is 22.6 Å². The molecule has 0 aliphatic carbocycles. The number of alkyl halides is 3. The van der Waals surface area contributed by atoms with Crippen LogP contribution in [0.5, 0.6) is 17.2 Å². The minimum absolute atomic E-state index is 0.0406. The van der Waals surface area contributed by atoms with Crippen molar-refractivity contribution in [2.24, 2.45) is 0 Å². The third-order valence-electron chi connectivity index (χ3n) is 6.07. The summed E-state index contributed by atoms with van der Waals surface area (Å²) in [4.78, 5) is 15.3. The summed E-state index contributed by atoms with van der Waals surface area (Å²) in [5.74, 6) is 0.261. The van der Waals surface area contributed by atoms with Crippen LogP contribution in [0.2, 0.25) is 0 Å². The van der Waals surface area contributed by atoms with E-state index in [1.807, 2.05) is 12.1 Å². The maximum atomic E-state index is 13.8. The molecule has 4 heterocycles. The fourth-order valence-electron chi connectivity index (χ4n) is 4.64. The van der Waals surface area contributed by atoms with Gasteiger partial charge in [-0.25, -0.2) is 0 Å². The summed E-state index contributed by atoms with van der Waals surface area (Å²) in [6, 6.07) is 12.8. The zero-order chi connectivity index (χ0) is 22.1. The molecule has 3 aromatic rings. The number of fused-ring (bicyclic) bond motifs is 5. The number of ether oxygens (including phenoxy) is 3. The van der Waals surface area contributed by atoms with Crippen LogP contribution in [0.3, 0.4) is 0 Å². The average Bonchev–Trinajstić information content (AvgIpc) is 3.46. The van der Waals surface area contributed by atoms with Crippen LogP contribution in [0.25, 0.3) is 0 Å². The molecule has 1 spiro atoms. The zero-order valence-corrected chi connectivity index (χ0v) is 16.6. The Hall–Kier alpha value is -3.62. The van der Waals surface area contributed by atoms with Gasteiger partial charge in [-0.2, -0.15) is 13.2 Å². The Kier molecular flexibility index (Phi) is 3.84. The van der Waals surface area contributed by atoms with Crippen molar-refractivity contribution >= 4 is 11.6 Å². The Morgan fingerprint density at radius 3 is 2.41 bits per heavy atom. The molecule has 0 saturated carbocycles. The lowest BCUT2D eigenvalue weighted by Gasteiger charge is -2.24. The van der Waals surface area contributed by atoms with Gasteiger partial charge in [0.2, 0.25) is 11.7 Å². The first kappa shape index (κ1) is 19.1. The Bertz CT molecular complexity index is 1250. The van der Waals surface area contributed by atoms with Gasteiger partial charge in [-0.15, -0.1) is 0 Å². The number of hydrogen-bond acceptors (Lipinski definition) is 5. The smallest absolute Gasteiger partial charge is 0.449 e. The van der Waals surface area contributed by atoms with Crippen LogP contribution in [-0.2, 0) is 22.9 Å². The number of hydrogen-bond donors (Lipinski definition) is 0. The fourth-order valence-corrected chi connectivity index (χ4v) is 4.64. The molecule has 3 aliphatic rings. The van der Waals surface area contributed by atoms with Crippen molar-refractivity contribution in [1.82, 2.24) is 0 Å². The summed E-state index contributed by atoms with van der Waals surface area (Å²) in [5.41, 5.74) is 0.857. The molecule has 0 bridgehead atoms. The van der Waals surface area contributed by atoms with Crippen LogP contribution in [0.15, 0.2) is 52.9 Å². The van der Waals surface area contributed by atoms with E-state index in [0.717, 1.165) is 11.6 Å². The lowest BCUT2D eigenvalue weighted by molar-refractivity contribution is -0.153. The van der Waals surface area contributed by atoms with Gasteiger partial charge in [0.05, 0.1) is 6.54 Å². The Morgan fingerprint density at radius 2 is 1.66 bits per heavy atom. The highest BCUT2D eigenvalue weighted by Crippen LogP contribution is 2.55. The van der Waals surface area contributed by atoms with Crippen molar-refractivity contribution in [3.8, 4) is 17.2 Å². The van der Waals surface area contributed by atoms with Crippen molar-refractivity contribution in [3.63, 3.8) is 0 Å². The fraction of sp³-hybridized carbons (Fsp3) is 0.261. The Morgan fingerprint density at radius 1 is 0.906 bits per heavy atom. The molecule has 1 unspecified atom stereocenters. The number of rotatable bonds is 2. The van der Waals surface area contributed by atoms with E-state index in [0.29, 0.717) is 41.7 Å². The molecule has 0 saturated heterocycles. The molecule has 3 aliphatic heterocycles. The van der Waals surface area contributed by atoms with Crippen molar-refractivity contribution < 1.29 is 36.6 Å². The van der Waals surface area contributed by atoms with E-state index >= 15 is 0 Å². The first-order chi connectivity index (χ1) is 15.4. The lowest BCUT2D eigenvalue weighted by atomic mass is 9.77. The van der Waals surface area contributed by atoms with Crippen molar-refractivity contribution in [3.05, 3.63) is 71.2 Å². The van der Waals surface area contributed by atoms with Crippen LogP contribution < -0.4 is 19.1 Å². The van der Waals surface area contributed by atoms with Crippen molar-refractivity contribution in [2.45, 2.75) is 18.1 Å². The summed E-state index contributed by atoms with van der Waals surface area (Å²) >= 11 is 0. The second-order valence-corrected chi connectivity index (χ2v) is 7.86. The summed E-state index contributed by atoms with van der Waals surface area (Å²) < 4.78 is 61.1. The molecule has 9 heteroatoms. The zero-order valence-electron chi connectivity index (χ0n) is 16.6. The second-order valence-electron chi connectivity index (χ2n) is 7.86. The molecule has 0 fully saturated rings. The van der Waals surface area contributed by atoms with E-state index in [9.17, 15) is 18.0 Å². The first-order valence-corrected chi connectivity index (χ1v) is 10.0. The lowest BCUT2D eigenvalue weighted by Crippen LogP contribution is -2.42. The van der Waals surface area contributed by atoms with E-state index in [1.54, 1.807) is 24.3 Å². The van der Waals surface area contributed by atoms with Crippen LogP contribution in [0.4, 0.5) is 18.9 Å². The minimum Gasteiger partial charge on any atom is -0.491 e. The summed E-state index contributed by atoms with van der Waals surface area (Å²) in [6.45, 7) is 0.767. The van der Waals surface area contributed by atoms with E-state index in [4.69, 9.17) is 18.6 Å². The van der Waals surface area contributed by atoms with Gasteiger partial charge in [-0.1, -0.05) is 18.2 Å². The number of amides is 1. The SMILES string of the molecule is O=C1N(Cc2ccc(C(F)(F)F)o2)c2ccccc2C12COc1cc3c(cc12)OCCO3. The second kappa shape index (κ2) is 6.44. The van der Waals surface area contributed by atoms with E-state index in [2.05, 4.69) is 0 Å². The number of benzene rings is 2. The average molecular weight is 443 g/mol. The highest BCUT2D eigenvalue weighted by Gasteiger charge is 2.57. The number of para-hydroxylation sites is 1. The molecule has 2 aromatic carbocycles. The van der Waals surface area contributed by atoms with Gasteiger partial charge in [0.15, 0.2) is 11.5 Å². The minimum atomic E-state index is -4.59. The van der Waals surface area contributed by atoms with E-state index < -0.39 is 17.4 Å². The third kappa shape index (κ3) is 2.57. The van der Waals surface area contributed by atoms with Crippen LogP contribution >= 0.6 is 0 Å². The molecular weight excluding hydrogens is 427 g/mol. The van der Waals surface area contributed by atoms with Gasteiger partial charge in [0.25, 0.3) is 0 Å². The molecule has 6 nitrogen and oxygen atoms in total.